The number of carbonyl (C=O) groups is 2. The molecule has 0 saturated heterocycles. The smallest absolute Gasteiger partial charge is 0.360 e. The van der Waals surface area contributed by atoms with Crippen LogP contribution < -0.4 is 0 Å². The zero-order chi connectivity index (χ0) is 12.1. The molecule has 88 valence electrons. The summed E-state index contributed by atoms with van der Waals surface area (Å²) in [6.45, 7) is 0.390. The third-order valence-electron chi connectivity index (χ3n) is 1.99. The predicted octanol–water partition coefficient (Wildman–Crippen LogP) is -0.457. The van der Waals surface area contributed by atoms with E-state index in [1.807, 2.05) is 0 Å². The van der Waals surface area contributed by atoms with E-state index >= 15 is 0 Å². The lowest BCUT2D eigenvalue weighted by atomic mass is 10.4. The summed E-state index contributed by atoms with van der Waals surface area (Å²) in [7, 11) is 4.64. The van der Waals surface area contributed by atoms with Gasteiger partial charge in [-0.3, -0.25) is 9.48 Å². The molecule has 0 aliphatic carbocycles. The van der Waals surface area contributed by atoms with E-state index in [4.69, 9.17) is 0 Å². The van der Waals surface area contributed by atoms with Gasteiger partial charge in [-0.1, -0.05) is 5.21 Å². The molecule has 16 heavy (non-hydrogen) atoms. The second-order valence-corrected chi connectivity index (χ2v) is 3.40. The minimum atomic E-state index is -0.537. The topological polar surface area (TPSA) is 77.3 Å². The average Bonchev–Trinajstić information content (AvgIpc) is 2.73. The second-order valence-electron chi connectivity index (χ2n) is 3.40. The largest absolute Gasteiger partial charge is 0.464 e. The molecular formula is C9H14N4O3. The van der Waals surface area contributed by atoms with Gasteiger partial charge in [-0.15, -0.1) is 5.10 Å². The van der Waals surface area contributed by atoms with Crippen LogP contribution in [0.5, 0.6) is 0 Å². The van der Waals surface area contributed by atoms with Gasteiger partial charge in [0.1, 0.15) is 0 Å². The zero-order valence-corrected chi connectivity index (χ0v) is 9.51. The van der Waals surface area contributed by atoms with E-state index in [9.17, 15) is 9.59 Å². The fourth-order valence-corrected chi connectivity index (χ4v) is 1.04. The van der Waals surface area contributed by atoms with Crippen molar-refractivity contribution in [3.8, 4) is 0 Å². The molecule has 0 atom stereocenters. The second kappa shape index (κ2) is 5.24. The van der Waals surface area contributed by atoms with Crippen LogP contribution in [0.2, 0.25) is 0 Å². The first-order valence-corrected chi connectivity index (χ1v) is 4.73. The van der Waals surface area contributed by atoms with Gasteiger partial charge in [-0.25, -0.2) is 4.79 Å². The van der Waals surface area contributed by atoms with E-state index in [1.54, 1.807) is 14.1 Å². The van der Waals surface area contributed by atoms with Crippen molar-refractivity contribution in [2.75, 3.05) is 21.2 Å². The number of hydrogen-bond donors (Lipinski definition) is 0. The monoisotopic (exact) mass is 226 g/mol. The van der Waals surface area contributed by atoms with Gasteiger partial charge in [0.15, 0.2) is 5.69 Å². The quantitative estimate of drug-likeness (QED) is 0.649. The molecule has 7 heteroatoms. The number of esters is 1. The van der Waals surface area contributed by atoms with Crippen molar-refractivity contribution >= 4 is 11.9 Å². The van der Waals surface area contributed by atoms with Gasteiger partial charge in [0.2, 0.25) is 5.91 Å². The van der Waals surface area contributed by atoms with Crippen molar-refractivity contribution in [2.24, 2.45) is 0 Å². The number of rotatable bonds is 4. The van der Waals surface area contributed by atoms with Crippen molar-refractivity contribution in [3.05, 3.63) is 11.9 Å². The first-order valence-electron chi connectivity index (χ1n) is 4.73. The Hall–Kier alpha value is -1.92. The fourth-order valence-electron chi connectivity index (χ4n) is 1.04. The molecule has 1 amide bonds. The molecule has 0 unspecified atom stereocenters. The molecule has 1 rings (SSSR count). The Morgan fingerprint density at radius 3 is 2.75 bits per heavy atom. The molecule has 0 spiro atoms. The summed E-state index contributed by atoms with van der Waals surface area (Å²) in [6, 6.07) is 0. The summed E-state index contributed by atoms with van der Waals surface area (Å²) in [4.78, 5) is 23.8. The van der Waals surface area contributed by atoms with E-state index < -0.39 is 5.97 Å². The van der Waals surface area contributed by atoms with Crippen molar-refractivity contribution in [1.29, 1.82) is 0 Å². The number of carbonyl (C=O) groups excluding carboxylic acids is 2. The van der Waals surface area contributed by atoms with Gasteiger partial charge in [0, 0.05) is 20.5 Å². The van der Waals surface area contributed by atoms with Crippen LogP contribution in [0.3, 0.4) is 0 Å². The molecule has 0 aliphatic heterocycles. The van der Waals surface area contributed by atoms with Gasteiger partial charge >= 0.3 is 5.97 Å². The van der Waals surface area contributed by atoms with Gasteiger partial charge in [-0.2, -0.15) is 0 Å². The van der Waals surface area contributed by atoms with E-state index in [0.717, 1.165) is 0 Å². The Labute approximate surface area is 93.0 Å². The molecule has 7 nitrogen and oxygen atoms in total. The first kappa shape index (κ1) is 12.2. The molecule has 0 N–H and O–H groups in total. The van der Waals surface area contributed by atoms with Crippen LogP contribution in [0.25, 0.3) is 0 Å². The minimum Gasteiger partial charge on any atom is -0.464 e. The molecule has 0 aliphatic rings. The molecule has 0 radical (unpaired) electrons. The first-order chi connectivity index (χ1) is 7.54. The number of aromatic nitrogens is 3. The highest BCUT2D eigenvalue weighted by molar-refractivity contribution is 5.86. The lowest BCUT2D eigenvalue weighted by molar-refractivity contribution is -0.128. The van der Waals surface area contributed by atoms with Crippen LogP contribution in [-0.2, 0) is 16.1 Å². The van der Waals surface area contributed by atoms with E-state index in [0.29, 0.717) is 13.0 Å². The van der Waals surface area contributed by atoms with Crippen LogP contribution >= 0.6 is 0 Å². The Balaban J connectivity index is 2.53. The third kappa shape index (κ3) is 3.04. The lowest BCUT2D eigenvalue weighted by Gasteiger charge is -2.09. The van der Waals surface area contributed by atoms with E-state index in [2.05, 4.69) is 15.0 Å². The summed E-state index contributed by atoms with van der Waals surface area (Å²) in [5.74, 6) is -0.541. The fraction of sp³-hybridized carbons (Fsp3) is 0.556. The number of amides is 1. The van der Waals surface area contributed by atoms with Crippen molar-refractivity contribution in [3.63, 3.8) is 0 Å². The van der Waals surface area contributed by atoms with Gasteiger partial charge in [0.05, 0.1) is 19.9 Å². The predicted molar refractivity (Wildman–Crippen MR) is 54.7 cm³/mol. The number of aryl methyl sites for hydroxylation is 1. The van der Waals surface area contributed by atoms with E-state index in [1.165, 1.54) is 22.9 Å². The molecule has 0 aromatic carbocycles. The summed E-state index contributed by atoms with van der Waals surface area (Å²) < 4.78 is 5.92. The third-order valence-corrected chi connectivity index (χ3v) is 1.99. The maximum absolute atomic E-state index is 11.3. The summed E-state index contributed by atoms with van der Waals surface area (Å²) >= 11 is 0. The Bertz CT molecular complexity index is 386. The lowest BCUT2D eigenvalue weighted by Crippen LogP contribution is -2.23. The average molecular weight is 226 g/mol. The normalized spacial score (nSPS) is 9.94. The molecule has 0 saturated carbocycles. The van der Waals surface area contributed by atoms with Gasteiger partial charge < -0.3 is 9.64 Å². The summed E-state index contributed by atoms with van der Waals surface area (Å²) in [6.07, 6.45) is 1.77. The Kier molecular flexibility index (Phi) is 3.98. The maximum Gasteiger partial charge on any atom is 0.360 e. The summed E-state index contributed by atoms with van der Waals surface area (Å²) in [5.41, 5.74) is 0.139. The molecule has 0 fully saturated rings. The van der Waals surface area contributed by atoms with Crippen LogP contribution in [0.15, 0.2) is 6.20 Å². The highest BCUT2D eigenvalue weighted by Gasteiger charge is 2.11. The van der Waals surface area contributed by atoms with Crippen molar-refractivity contribution in [2.45, 2.75) is 13.0 Å². The van der Waals surface area contributed by atoms with Crippen LogP contribution in [0.1, 0.15) is 16.9 Å². The highest BCUT2D eigenvalue weighted by Crippen LogP contribution is 1.97. The van der Waals surface area contributed by atoms with Crippen LogP contribution in [0, 0.1) is 0 Å². The molecule has 1 aromatic heterocycles. The molecular weight excluding hydrogens is 212 g/mol. The van der Waals surface area contributed by atoms with E-state index in [-0.39, 0.29) is 11.6 Å². The molecule has 1 heterocycles. The molecule has 0 bridgehead atoms. The van der Waals surface area contributed by atoms with Gasteiger partial charge in [-0.05, 0) is 0 Å². The number of methoxy groups -OCH3 is 1. The zero-order valence-electron chi connectivity index (χ0n) is 9.51. The SMILES string of the molecule is COC(=O)c1cn(CCC(=O)N(C)C)nn1. The number of nitrogens with zero attached hydrogens (tertiary/aromatic N) is 4. The minimum absolute atomic E-state index is 0.00452. The Morgan fingerprint density at radius 1 is 1.50 bits per heavy atom. The number of ether oxygens (including phenoxy) is 1. The van der Waals surface area contributed by atoms with Crippen LogP contribution in [0.4, 0.5) is 0 Å². The highest BCUT2D eigenvalue weighted by atomic mass is 16.5. The number of hydrogen-bond acceptors (Lipinski definition) is 5. The summed E-state index contributed by atoms with van der Waals surface area (Å²) in [5, 5.41) is 7.33. The molecule has 1 aromatic rings. The maximum atomic E-state index is 11.3. The Morgan fingerprint density at radius 2 is 2.19 bits per heavy atom. The van der Waals surface area contributed by atoms with Gasteiger partial charge in [0.25, 0.3) is 0 Å². The standard InChI is InChI=1S/C9H14N4O3/c1-12(2)8(14)4-5-13-6-7(10-11-13)9(15)16-3/h6H,4-5H2,1-3H3. The van der Waals surface area contributed by atoms with Crippen LogP contribution in [-0.4, -0.2) is 53.0 Å². The van der Waals surface area contributed by atoms with Crippen molar-refractivity contribution in [1.82, 2.24) is 19.9 Å². The van der Waals surface area contributed by atoms with Crippen molar-refractivity contribution < 1.29 is 14.3 Å².